The molecular formula is C19H18O7. The van der Waals surface area contributed by atoms with Crippen molar-refractivity contribution in [1.29, 1.82) is 0 Å². The highest BCUT2D eigenvalue weighted by molar-refractivity contribution is 5.89. The van der Waals surface area contributed by atoms with Crippen molar-refractivity contribution in [2.24, 2.45) is 0 Å². The lowest BCUT2D eigenvalue weighted by Crippen LogP contribution is -1.98. The molecule has 0 spiro atoms. The smallest absolute Gasteiger partial charge is 0.370 e. The molecule has 4 N–H and O–H groups in total. The number of carbonyl (C=O) groups is 2. The molecule has 2 rings (SSSR count). The highest BCUT2D eigenvalue weighted by atomic mass is 16.5. The maximum absolute atomic E-state index is 10.2. The second-order valence-corrected chi connectivity index (χ2v) is 4.85. The van der Waals surface area contributed by atoms with Crippen LogP contribution >= 0.6 is 0 Å². The SMILES string of the molecule is COc1cc(C=CC(=O)O)ccc1O.O=C(O)C(O)=Cc1ccccc1. The summed E-state index contributed by atoms with van der Waals surface area (Å²) in [4.78, 5) is 20.4. The number of aromatic hydroxyl groups is 1. The van der Waals surface area contributed by atoms with E-state index in [9.17, 15) is 14.7 Å². The number of phenolic OH excluding ortho intramolecular Hbond substituents is 1. The summed E-state index contributed by atoms with van der Waals surface area (Å²) in [6, 6.07) is 13.3. The number of aliphatic hydroxyl groups excluding tert-OH is 1. The Morgan fingerprint density at radius 3 is 2.15 bits per heavy atom. The summed E-state index contributed by atoms with van der Waals surface area (Å²) in [5.41, 5.74) is 1.32. The molecule has 0 unspecified atom stereocenters. The molecule has 0 saturated heterocycles. The zero-order valence-electron chi connectivity index (χ0n) is 13.9. The van der Waals surface area contributed by atoms with Crippen molar-refractivity contribution in [1.82, 2.24) is 0 Å². The average Bonchev–Trinajstić information content (AvgIpc) is 2.62. The number of carboxylic acids is 2. The Bertz CT molecular complexity index is 808. The lowest BCUT2D eigenvalue weighted by Gasteiger charge is -2.03. The Balaban J connectivity index is 0.000000263. The lowest BCUT2D eigenvalue weighted by atomic mass is 10.2. The number of ether oxygens (including phenoxy) is 1. The zero-order valence-corrected chi connectivity index (χ0v) is 13.9. The molecule has 0 aliphatic carbocycles. The van der Waals surface area contributed by atoms with Crippen LogP contribution < -0.4 is 4.74 Å². The molecule has 2 aromatic carbocycles. The predicted molar refractivity (Wildman–Crippen MR) is 96.0 cm³/mol. The van der Waals surface area contributed by atoms with Gasteiger partial charge in [-0.05, 0) is 35.4 Å². The number of carboxylic acid groups (broad SMARTS) is 2. The summed E-state index contributed by atoms with van der Waals surface area (Å²) in [5.74, 6) is -2.64. The van der Waals surface area contributed by atoms with Gasteiger partial charge in [-0.1, -0.05) is 36.4 Å². The molecular weight excluding hydrogens is 340 g/mol. The maximum Gasteiger partial charge on any atom is 0.370 e. The van der Waals surface area contributed by atoms with Crippen LogP contribution in [0.1, 0.15) is 11.1 Å². The van der Waals surface area contributed by atoms with Crippen molar-refractivity contribution < 1.29 is 34.8 Å². The summed E-state index contributed by atoms with van der Waals surface area (Å²) in [6.45, 7) is 0. The van der Waals surface area contributed by atoms with Crippen molar-refractivity contribution in [2.45, 2.75) is 0 Å². The molecule has 0 aliphatic heterocycles. The maximum atomic E-state index is 10.2. The van der Waals surface area contributed by atoms with Crippen molar-refractivity contribution in [3.8, 4) is 11.5 Å². The Labute approximate surface area is 149 Å². The van der Waals surface area contributed by atoms with Crippen molar-refractivity contribution in [3.63, 3.8) is 0 Å². The molecule has 0 aromatic heterocycles. The molecule has 0 amide bonds. The van der Waals surface area contributed by atoms with Gasteiger partial charge < -0.3 is 25.2 Å². The van der Waals surface area contributed by atoms with E-state index in [0.29, 0.717) is 16.9 Å². The highest BCUT2D eigenvalue weighted by Crippen LogP contribution is 2.26. The topological polar surface area (TPSA) is 124 Å². The molecule has 136 valence electrons. The first-order valence-electron chi connectivity index (χ1n) is 7.30. The largest absolute Gasteiger partial charge is 0.504 e. The number of aliphatic carboxylic acids is 2. The molecule has 0 radical (unpaired) electrons. The lowest BCUT2D eigenvalue weighted by molar-refractivity contribution is -0.135. The second-order valence-electron chi connectivity index (χ2n) is 4.85. The standard InChI is InChI=1S/C10H10O4.C9H8O3/c1-14-9-6-7(2-4-8(9)11)3-5-10(12)13;10-8(9(11)12)6-7-4-2-1-3-5-7/h2-6,11H,1H3,(H,12,13);1-6,10H,(H,11,12). The number of methoxy groups -OCH3 is 1. The van der Waals surface area contributed by atoms with E-state index in [2.05, 4.69) is 0 Å². The molecule has 0 heterocycles. The monoisotopic (exact) mass is 358 g/mol. The first-order valence-corrected chi connectivity index (χ1v) is 7.30. The van der Waals surface area contributed by atoms with Gasteiger partial charge in [0.1, 0.15) is 0 Å². The van der Waals surface area contributed by atoms with Gasteiger partial charge in [-0.2, -0.15) is 0 Å². The molecule has 7 heteroatoms. The molecule has 0 atom stereocenters. The van der Waals surface area contributed by atoms with Crippen LogP contribution in [-0.4, -0.2) is 39.5 Å². The predicted octanol–water partition coefficient (Wildman–Crippen LogP) is 3.17. The van der Waals surface area contributed by atoms with Gasteiger partial charge >= 0.3 is 11.9 Å². The highest BCUT2D eigenvalue weighted by Gasteiger charge is 2.02. The van der Waals surface area contributed by atoms with E-state index in [1.165, 1.54) is 25.3 Å². The van der Waals surface area contributed by atoms with Crippen LogP contribution in [0, 0.1) is 0 Å². The number of hydrogen-bond acceptors (Lipinski definition) is 5. The van der Waals surface area contributed by atoms with E-state index in [0.717, 1.165) is 6.08 Å². The molecule has 7 nitrogen and oxygen atoms in total. The van der Waals surface area contributed by atoms with Gasteiger partial charge in [0, 0.05) is 6.08 Å². The molecule has 0 fully saturated rings. The minimum Gasteiger partial charge on any atom is -0.504 e. The average molecular weight is 358 g/mol. The Kier molecular flexibility index (Phi) is 7.96. The van der Waals surface area contributed by atoms with Crippen molar-refractivity contribution in [2.75, 3.05) is 7.11 Å². The second kappa shape index (κ2) is 10.2. The minimum absolute atomic E-state index is 0.0278. The normalized spacial score (nSPS) is 10.7. The van der Waals surface area contributed by atoms with Crippen LogP contribution in [0.4, 0.5) is 0 Å². The fourth-order valence-corrected chi connectivity index (χ4v) is 1.73. The third-order valence-electron chi connectivity index (χ3n) is 2.94. The zero-order chi connectivity index (χ0) is 19.5. The molecule has 26 heavy (non-hydrogen) atoms. The van der Waals surface area contributed by atoms with Gasteiger partial charge in [-0.15, -0.1) is 0 Å². The van der Waals surface area contributed by atoms with E-state index in [-0.39, 0.29) is 5.75 Å². The Hall–Kier alpha value is -3.74. The summed E-state index contributed by atoms with van der Waals surface area (Å²) >= 11 is 0. The van der Waals surface area contributed by atoms with Gasteiger partial charge in [0.05, 0.1) is 7.11 Å². The number of rotatable bonds is 5. The Morgan fingerprint density at radius 2 is 1.62 bits per heavy atom. The summed E-state index contributed by atoms with van der Waals surface area (Å²) in [5, 5.41) is 34.8. The summed E-state index contributed by atoms with van der Waals surface area (Å²) in [7, 11) is 1.43. The minimum atomic E-state index is -1.32. The van der Waals surface area contributed by atoms with E-state index in [1.807, 2.05) is 6.07 Å². The number of hydrogen-bond donors (Lipinski definition) is 4. The van der Waals surface area contributed by atoms with E-state index in [4.69, 9.17) is 20.1 Å². The third kappa shape index (κ3) is 7.22. The first kappa shape index (κ1) is 20.3. The van der Waals surface area contributed by atoms with Gasteiger partial charge in [-0.3, -0.25) is 0 Å². The first-order chi connectivity index (χ1) is 12.3. The van der Waals surface area contributed by atoms with E-state index < -0.39 is 17.7 Å². The van der Waals surface area contributed by atoms with Crippen molar-refractivity contribution >= 4 is 24.1 Å². The van der Waals surface area contributed by atoms with E-state index in [1.54, 1.807) is 36.4 Å². The third-order valence-corrected chi connectivity index (χ3v) is 2.94. The number of aliphatic hydroxyl groups is 1. The van der Waals surface area contributed by atoms with Crippen LogP contribution in [0.3, 0.4) is 0 Å². The fraction of sp³-hybridized carbons (Fsp3) is 0.0526. The van der Waals surface area contributed by atoms with Crippen LogP contribution in [0.5, 0.6) is 11.5 Å². The molecule has 0 bridgehead atoms. The number of phenols is 1. The van der Waals surface area contributed by atoms with Gasteiger partial charge in [0.2, 0.25) is 5.76 Å². The van der Waals surface area contributed by atoms with Crippen LogP contribution in [0.15, 0.2) is 60.4 Å². The summed E-state index contributed by atoms with van der Waals surface area (Å²) < 4.78 is 4.86. The van der Waals surface area contributed by atoms with Crippen molar-refractivity contribution in [3.05, 3.63) is 71.5 Å². The molecule has 0 saturated carbocycles. The van der Waals surface area contributed by atoms with Gasteiger partial charge in [-0.25, -0.2) is 9.59 Å². The number of benzene rings is 2. The quantitative estimate of drug-likeness (QED) is 0.478. The molecule has 2 aromatic rings. The van der Waals surface area contributed by atoms with Crippen LogP contribution in [0.25, 0.3) is 12.2 Å². The summed E-state index contributed by atoms with van der Waals surface area (Å²) in [6.07, 6.45) is 3.64. The fourth-order valence-electron chi connectivity index (χ4n) is 1.73. The van der Waals surface area contributed by atoms with Gasteiger partial charge in [0.15, 0.2) is 11.5 Å². The van der Waals surface area contributed by atoms with E-state index >= 15 is 0 Å². The van der Waals surface area contributed by atoms with Crippen LogP contribution in [0.2, 0.25) is 0 Å². The molecule has 0 aliphatic rings. The van der Waals surface area contributed by atoms with Gasteiger partial charge in [0.25, 0.3) is 0 Å². The Morgan fingerprint density at radius 1 is 0.962 bits per heavy atom. The van der Waals surface area contributed by atoms with Crippen LogP contribution in [-0.2, 0) is 9.59 Å².